The number of nitro groups is 1. The summed E-state index contributed by atoms with van der Waals surface area (Å²) in [5.41, 5.74) is 4.58. The largest absolute Gasteiger partial charge is 0.338 e. The quantitative estimate of drug-likeness (QED) is 0.325. The molecule has 3 aromatic carbocycles. The standard InChI is InChI=1S/C20H14N4O2/c25-24(26)17-11-5-14(6-12-17)13-21-16-9-7-15(8-10-16)20-22-18-3-1-2-4-19(18)23-20/h1-13H,(H,22,23). The number of aliphatic imine (C=N–C) groups is 1. The summed E-state index contributed by atoms with van der Waals surface area (Å²) in [4.78, 5) is 22.5. The first-order valence-corrected chi connectivity index (χ1v) is 8.03. The Morgan fingerprint density at radius 3 is 2.38 bits per heavy atom. The van der Waals surface area contributed by atoms with Crippen LogP contribution in [0, 0.1) is 10.1 Å². The minimum atomic E-state index is -0.419. The van der Waals surface area contributed by atoms with E-state index in [0.717, 1.165) is 33.7 Å². The predicted molar refractivity (Wildman–Crippen MR) is 102 cm³/mol. The Balaban J connectivity index is 1.52. The van der Waals surface area contributed by atoms with Gasteiger partial charge in [0.1, 0.15) is 5.82 Å². The Bertz CT molecular complexity index is 1060. The molecule has 6 heteroatoms. The van der Waals surface area contributed by atoms with Crippen molar-refractivity contribution < 1.29 is 4.92 Å². The van der Waals surface area contributed by atoms with E-state index in [1.165, 1.54) is 12.1 Å². The van der Waals surface area contributed by atoms with Crippen LogP contribution in [-0.2, 0) is 0 Å². The number of benzene rings is 3. The summed E-state index contributed by atoms with van der Waals surface area (Å²) >= 11 is 0. The Morgan fingerprint density at radius 2 is 1.69 bits per heavy atom. The van der Waals surface area contributed by atoms with Gasteiger partial charge in [-0.1, -0.05) is 12.1 Å². The van der Waals surface area contributed by atoms with Crippen LogP contribution in [0.2, 0.25) is 0 Å². The molecule has 0 fully saturated rings. The zero-order valence-electron chi connectivity index (χ0n) is 13.7. The van der Waals surface area contributed by atoms with Crippen LogP contribution in [0.4, 0.5) is 11.4 Å². The Morgan fingerprint density at radius 1 is 0.962 bits per heavy atom. The smallest absolute Gasteiger partial charge is 0.269 e. The van der Waals surface area contributed by atoms with Crippen LogP contribution in [0.3, 0.4) is 0 Å². The zero-order valence-corrected chi connectivity index (χ0v) is 13.7. The summed E-state index contributed by atoms with van der Waals surface area (Å²) in [5, 5.41) is 10.7. The minimum absolute atomic E-state index is 0.0670. The molecule has 6 nitrogen and oxygen atoms in total. The highest BCUT2D eigenvalue weighted by Gasteiger charge is 2.05. The van der Waals surface area contributed by atoms with Crippen LogP contribution in [0.1, 0.15) is 5.56 Å². The number of aromatic nitrogens is 2. The molecule has 0 bridgehead atoms. The van der Waals surface area contributed by atoms with Crippen LogP contribution >= 0.6 is 0 Å². The number of hydrogen-bond acceptors (Lipinski definition) is 4. The highest BCUT2D eigenvalue weighted by Crippen LogP contribution is 2.23. The van der Waals surface area contributed by atoms with Crippen LogP contribution < -0.4 is 0 Å². The Kier molecular flexibility index (Phi) is 3.99. The fraction of sp³-hybridized carbons (Fsp3) is 0. The van der Waals surface area contributed by atoms with Gasteiger partial charge in [0, 0.05) is 23.9 Å². The molecule has 0 saturated heterocycles. The summed E-state index contributed by atoms with van der Waals surface area (Å²) in [6.07, 6.45) is 1.68. The summed E-state index contributed by atoms with van der Waals surface area (Å²) in [6.45, 7) is 0. The number of nitrogens with zero attached hydrogens (tertiary/aromatic N) is 3. The second-order valence-corrected chi connectivity index (χ2v) is 5.76. The Labute approximate surface area is 149 Å². The summed E-state index contributed by atoms with van der Waals surface area (Å²) in [5.74, 6) is 0.817. The lowest BCUT2D eigenvalue weighted by Crippen LogP contribution is -1.88. The molecule has 0 spiro atoms. The monoisotopic (exact) mass is 342 g/mol. The highest BCUT2D eigenvalue weighted by molar-refractivity contribution is 5.83. The molecule has 126 valence electrons. The molecule has 26 heavy (non-hydrogen) atoms. The molecule has 1 heterocycles. The van der Waals surface area contributed by atoms with Crippen molar-refractivity contribution in [2.75, 3.05) is 0 Å². The van der Waals surface area contributed by atoms with Crippen molar-refractivity contribution in [2.45, 2.75) is 0 Å². The van der Waals surface area contributed by atoms with E-state index in [-0.39, 0.29) is 5.69 Å². The van der Waals surface area contributed by atoms with Crippen molar-refractivity contribution in [2.24, 2.45) is 4.99 Å². The van der Waals surface area contributed by atoms with Gasteiger partial charge in [0.25, 0.3) is 5.69 Å². The normalized spacial score (nSPS) is 11.2. The van der Waals surface area contributed by atoms with Crippen molar-refractivity contribution in [3.8, 4) is 11.4 Å². The molecular formula is C20H14N4O2. The highest BCUT2D eigenvalue weighted by atomic mass is 16.6. The van der Waals surface area contributed by atoms with E-state index in [2.05, 4.69) is 15.0 Å². The molecule has 0 aliphatic rings. The molecule has 0 aliphatic heterocycles. The van der Waals surface area contributed by atoms with E-state index >= 15 is 0 Å². The molecule has 1 N–H and O–H groups in total. The van der Waals surface area contributed by atoms with E-state index in [1.807, 2.05) is 48.5 Å². The molecule has 0 radical (unpaired) electrons. The molecule has 0 atom stereocenters. The molecule has 0 saturated carbocycles. The number of imidazole rings is 1. The third kappa shape index (κ3) is 3.21. The second kappa shape index (κ2) is 6.60. The van der Waals surface area contributed by atoms with Gasteiger partial charge in [-0.2, -0.15) is 0 Å². The van der Waals surface area contributed by atoms with Gasteiger partial charge < -0.3 is 4.98 Å². The first-order chi connectivity index (χ1) is 12.7. The summed E-state index contributed by atoms with van der Waals surface area (Å²) in [6, 6.07) is 21.9. The first-order valence-electron chi connectivity index (χ1n) is 8.03. The van der Waals surface area contributed by atoms with E-state index in [0.29, 0.717) is 0 Å². The third-order valence-corrected chi connectivity index (χ3v) is 4.00. The van der Waals surface area contributed by atoms with Gasteiger partial charge in [-0.25, -0.2) is 4.98 Å². The number of rotatable bonds is 4. The van der Waals surface area contributed by atoms with Crippen molar-refractivity contribution >= 4 is 28.6 Å². The van der Waals surface area contributed by atoms with Gasteiger partial charge >= 0.3 is 0 Å². The lowest BCUT2D eigenvalue weighted by molar-refractivity contribution is -0.384. The number of aromatic amines is 1. The van der Waals surface area contributed by atoms with Gasteiger partial charge in [0.15, 0.2) is 0 Å². The molecule has 4 aromatic rings. The molecular weight excluding hydrogens is 328 g/mol. The molecule has 0 amide bonds. The van der Waals surface area contributed by atoms with Gasteiger partial charge in [-0.05, 0) is 54.1 Å². The number of para-hydroxylation sites is 2. The van der Waals surface area contributed by atoms with Gasteiger partial charge in [-0.3, -0.25) is 15.1 Å². The lowest BCUT2D eigenvalue weighted by Gasteiger charge is -1.98. The second-order valence-electron chi connectivity index (χ2n) is 5.76. The average Bonchev–Trinajstić information content (AvgIpc) is 3.11. The number of nitro benzene ring substituents is 1. The lowest BCUT2D eigenvalue weighted by atomic mass is 10.2. The maximum absolute atomic E-state index is 10.7. The molecule has 0 unspecified atom stereocenters. The topological polar surface area (TPSA) is 84.2 Å². The van der Waals surface area contributed by atoms with E-state index in [9.17, 15) is 10.1 Å². The number of nitrogens with one attached hydrogen (secondary N) is 1. The van der Waals surface area contributed by atoms with Crippen molar-refractivity contribution in [1.82, 2.24) is 9.97 Å². The van der Waals surface area contributed by atoms with Gasteiger partial charge in [0.2, 0.25) is 0 Å². The first kappa shape index (κ1) is 15.7. The summed E-state index contributed by atoms with van der Waals surface area (Å²) in [7, 11) is 0. The fourth-order valence-electron chi connectivity index (χ4n) is 2.63. The van der Waals surface area contributed by atoms with Crippen molar-refractivity contribution in [1.29, 1.82) is 0 Å². The van der Waals surface area contributed by atoms with Crippen molar-refractivity contribution in [3.05, 3.63) is 88.5 Å². The van der Waals surface area contributed by atoms with E-state index in [1.54, 1.807) is 18.3 Å². The van der Waals surface area contributed by atoms with E-state index in [4.69, 9.17) is 0 Å². The number of fused-ring (bicyclic) bond motifs is 1. The number of non-ortho nitro benzene ring substituents is 1. The SMILES string of the molecule is O=[N+]([O-])c1ccc(C=Nc2ccc(-c3nc4ccccc4[nH]3)cc2)cc1. The average molecular weight is 342 g/mol. The van der Waals surface area contributed by atoms with E-state index < -0.39 is 4.92 Å². The van der Waals surface area contributed by atoms with Crippen molar-refractivity contribution in [3.63, 3.8) is 0 Å². The predicted octanol–water partition coefficient (Wildman–Crippen LogP) is 4.89. The molecule has 1 aromatic heterocycles. The van der Waals surface area contributed by atoms with Crippen LogP contribution in [0.15, 0.2) is 77.8 Å². The van der Waals surface area contributed by atoms with Gasteiger partial charge in [0.05, 0.1) is 21.6 Å². The fourth-order valence-corrected chi connectivity index (χ4v) is 2.63. The molecule has 4 rings (SSSR count). The van der Waals surface area contributed by atoms with Crippen LogP contribution in [-0.4, -0.2) is 21.1 Å². The third-order valence-electron chi connectivity index (χ3n) is 4.00. The molecule has 0 aliphatic carbocycles. The maximum Gasteiger partial charge on any atom is 0.269 e. The van der Waals surface area contributed by atoms with Crippen LogP contribution in [0.25, 0.3) is 22.4 Å². The Hall–Kier alpha value is -3.80. The van der Waals surface area contributed by atoms with Crippen LogP contribution in [0.5, 0.6) is 0 Å². The van der Waals surface area contributed by atoms with Gasteiger partial charge in [-0.15, -0.1) is 0 Å². The maximum atomic E-state index is 10.7. The minimum Gasteiger partial charge on any atom is -0.338 e. The number of H-pyrrole nitrogens is 1. The summed E-state index contributed by atoms with van der Waals surface area (Å²) < 4.78 is 0. The number of hydrogen-bond donors (Lipinski definition) is 1. The zero-order chi connectivity index (χ0) is 17.9.